The quantitative estimate of drug-likeness (QED) is 0.0264. The van der Waals surface area contributed by atoms with Gasteiger partial charge in [-0.15, -0.1) is 0 Å². The van der Waals surface area contributed by atoms with Gasteiger partial charge in [0.05, 0.1) is 0 Å². The zero-order valence-electron chi connectivity index (χ0n) is 38.4. The Hall–Kier alpha value is -3.93. The normalized spacial score (nSPS) is 13.1. The maximum Gasteiger partial charge on any atom is 0.306 e. The van der Waals surface area contributed by atoms with Crippen molar-refractivity contribution in [3.05, 3.63) is 109 Å². The summed E-state index contributed by atoms with van der Waals surface area (Å²) in [5.74, 6) is -0.978. The van der Waals surface area contributed by atoms with Crippen LogP contribution in [0.2, 0.25) is 0 Å². The molecule has 0 aliphatic rings. The van der Waals surface area contributed by atoms with E-state index in [1.807, 2.05) is 72.9 Å². The van der Waals surface area contributed by atoms with Crippen molar-refractivity contribution in [3.8, 4) is 0 Å². The van der Waals surface area contributed by atoms with Crippen molar-refractivity contribution in [2.45, 2.75) is 200 Å². The molecular weight excluding hydrogens is 745 g/mol. The fourth-order valence-electron chi connectivity index (χ4n) is 6.13. The number of esters is 3. The summed E-state index contributed by atoms with van der Waals surface area (Å²) < 4.78 is 16.7. The molecule has 1 unspecified atom stereocenters. The molecule has 338 valence electrons. The van der Waals surface area contributed by atoms with E-state index in [9.17, 15) is 14.4 Å². The first kappa shape index (κ1) is 56.1. The van der Waals surface area contributed by atoms with Gasteiger partial charge in [0.15, 0.2) is 6.10 Å². The van der Waals surface area contributed by atoms with Gasteiger partial charge in [0.25, 0.3) is 0 Å². The first-order valence-electron chi connectivity index (χ1n) is 24.0. The summed E-state index contributed by atoms with van der Waals surface area (Å²) in [5.41, 5.74) is 0. The second-order valence-corrected chi connectivity index (χ2v) is 15.5. The summed E-state index contributed by atoms with van der Waals surface area (Å²) in [4.78, 5) is 37.8. The molecule has 0 radical (unpaired) electrons. The third-order valence-corrected chi connectivity index (χ3v) is 9.72. The molecule has 0 rings (SSSR count). The van der Waals surface area contributed by atoms with E-state index in [0.717, 1.165) is 89.9 Å². The van der Waals surface area contributed by atoms with Crippen LogP contribution >= 0.6 is 0 Å². The molecule has 0 fully saturated rings. The van der Waals surface area contributed by atoms with Crippen LogP contribution in [0.25, 0.3) is 0 Å². The molecule has 0 aliphatic carbocycles. The zero-order valence-corrected chi connectivity index (χ0v) is 38.4. The van der Waals surface area contributed by atoms with Crippen LogP contribution in [0.15, 0.2) is 109 Å². The SMILES string of the molecule is CC\C=C/C=C\C=C/C=C\CCCCCC(=O)OC(COC(=O)CCCCCCC\C=C/C=C\C=C/C=C\C=C/CCC)COC(=O)CCCCCCCCCCCCC. The Morgan fingerprint density at radius 3 is 1.10 bits per heavy atom. The lowest BCUT2D eigenvalue weighted by Gasteiger charge is -2.18. The van der Waals surface area contributed by atoms with Gasteiger partial charge in [-0.1, -0.05) is 226 Å². The van der Waals surface area contributed by atoms with Crippen molar-refractivity contribution in [2.24, 2.45) is 0 Å². The molecule has 0 heterocycles. The fourth-order valence-corrected chi connectivity index (χ4v) is 6.13. The van der Waals surface area contributed by atoms with Crippen LogP contribution in [-0.2, 0) is 28.6 Å². The van der Waals surface area contributed by atoms with Crippen LogP contribution in [0.5, 0.6) is 0 Å². The van der Waals surface area contributed by atoms with E-state index in [-0.39, 0.29) is 37.5 Å². The van der Waals surface area contributed by atoms with E-state index in [1.54, 1.807) is 0 Å². The van der Waals surface area contributed by atoms with Crippen molar-refractivity contribution in [3.63, 3.8) is 0 Å². The molecule has 1 atom stereocenters. The van der Waals surface area contributed by atoms with Crippen LogP contribution in [0.4, 0.5) is 0 Å². The maximum atomic E-state index is 12.7. The Morgan fingerprint density at radius 2 is 0.683 bits per heavy atom. The van der Waals surface area contributed by atoms with Crippen molar-refractivity contribution in [2.75, 3.05) is 13.2 Å². The topological polar surface area (TPSA) is 78.9 Å². The van der Waals surface area contributed by atoms with Crippen molar-refractivity contribution >= 4 is 17.9 Å². The van der Waals surface area contributed by atoms with Crippen LogP contribution in [0.1, 0.15) is 194 Å². The average Bonchev–Trinajstić information content (AvgIpc) is 3.24. The smallest absolute Gasteiger partial charge is 0.306 e. The van der Waals surface area contributed by atoms with Gasteiger partial charge in [0.2, 0.25) is 0 Å². The fraction of sp³-hybridized carbons (Fsp3) is 0.611. The van der Waals surface area contributed by atoms with Crippen LogP contribution in [0, 0.1) is 0 Å². The van der Waals surface area contributed by atoms with Crippen LogP contribution in [0.3, 0.4) is 0 Å². The summed E-state index contributed by atoms with van der Waals surface area (Å²) >= 11 is 0. The molecule has 0 saturated carbocycles. The van der Waals surface area contributed by atoms with E-state index in [0.29, 0.717) is 19.3 Å². The van der Waals surface area contributed by atoms with E-state index >= 15 is 0 Å². The van der Waals surface area contributed by atoms with Gasteiger partial charge in [0, 0.05) is 19.3 Å². The molecule has 0 aromatic heterocycles. The van der Waals surface area contributed by atoms with Gasteiger partial charge in [0.1, 0.15) is 13.2 Å². The number of carbonyl (C=O) groups is 3. The van der Waals surface area contributed by atoms with Crippen molar-refractivity contribution in [1.29, 1.82) is 0 Å². The molecule has 0 saturated heterocycles. The molecule has 60 heavy (non-hydrogen) atoms. The highest BCUT2D eigenvalue weighted by Gasteiger charge is 2.19. The molecule has 0 bridgehead atoms. The summed E-state index contributed by atoms with van der Waals surface area (Å²) in [6, 6.07) is 0. The third-order valence-electron chi connectivity index (χ3n) is 9.72. The number of unbranched alkanes of at least 4 members (excludes halogenated alkanes) is 19. The molecule has 0 N–H and O–H groups in total. The Kier molecular flexibility index (Phi) is 44.6. The number of rotatable bonds is 41. The van der Waals surface area contributed by atoms with Gasteiger partial charge in [-0.25, -0.2) is 0 Å². The Labute approximate surface area is 368 Å². The Balaban J connectivity index is 4.50. The number of carbonyl (C=O) groups excluding carboxylic acids is 3. The van der Waals surface area contributed by atoms with Gasteiger partial charge >= 0.3 is 17.9 Å². The lowest BCUT2D eigenvalue weighted by molar-refractivity contribution is -0.167. The van der Waals surface area contributed by atoms with E-state index in [1.165, 1.54) is 57.8 Å². The zero-order chi connectivity index (χ0) is 43.7. The number of hydrogen-bond acceptors (Lipinski definition) is 6. The summed E-state index contributed by atoms with van der Waals surface area (Å²) in [6.07, 6.45) is 63.5. The summed E-state index contributed by atoms with van der Waals surface area (Å²) in [5, 5.41) is 0. The molecule has 0 aromatic carbocycles. The Bertz CT molecular complexity index is 1280. The van der Waals surface area contributed by atoms with Crippen LogP contribution < -0.4 is 0 Å². The Morgan fingerprint density at radius 1 is 0.350 bits per heavy atom. The largest absolute Gasteiger partial charge is 0.462 e. The average molecular weight is 831 g/mol. The number of hydrogen-bond donors (Lipinski definition) is 0. The second-order valence-electron chi connectivity index (χ2n) is 15.5. The van der Waals surface area contributed by atoms with E-state index < -0.39 is 6.10 Å². The first-order chi connectivity index (χ1) is 29.5. The lowest BCUT2D eigenvalue weighted by Crippen LogP contribution is -2.30. The highest BCUT2D eigenvalue weighted by molar-refractivity contribution is 5.71. The highest BCUT2D eigenvalue weighted by Crippen LogP contribution is 2.14. The maximum absolute atomic E-state index is 12.7. The monoisotopic (exact) mass is 831 g/mol. The van der Waals surface area contributed by atoms with E-state index in [4.69, 9.17) is 14.2 Å². The standard InChI is InChI=1S/C54H86O6/c1-4-7-10-13-16-19-22-24-25-26-27-28-30-32-35-38-41-44-47-53(56)59-50-51(49-58-52(55)46-43-40-37-34-31-21-18-15-12-9-6-3)60-54(57)48-45-42-39-36-33-29-23-20-17-14-11-8-5-2/h8,10-11,13-14,16-17,19-20,22-29,33,51H,4-7,9,12,15,18,21,30-32,34-50H2,1-3H3/b11-8-,13-10-,17-14-,19-16-,23-20-,24-22-,26-25-,28-27-,33-29-. The molecule has 6 heteroatoms. The third kappa shape index (κ3) is 45.2. The molecule has 0 amide bonds. The van der Waals surface area contributed by atoms with Gasteiger partial charge in [-0.2, -0.15) is 0 Å². The van der Waals surface area contributed by atoms with E-state index in [2.05, 4.69) is 57.2 Å². The molecule has 6 nitrogen and oxygen atoms in total. The molecule has 0 spiro atoms. The van der Waals surface area contributed by atoms with Gasteiger partial charge in [-0.05, 0) is 57.8 Å². The number of allylic oxidation sites excluding steroid dienone is 18. The molecule has 0 aliphatic heterocycles. The highest BCUT2D eigenvalue weighted by atomic mass is 16.6. The van der Waals surface area contributed by atoms with Crippen LogP contribution in [-0.4, -0.2) is 37.2 Å². The lowest BCUT2D eigenvalue weighted by atomic mass is 10.1. The van der Waals surface area contributed by atoms with Crippen molar-refractivity contribution in [1.82, 2.24) is 0 Å². The summed E-state index contributed by atoms with van der Waals surface area (Å²) in [7, 11) is 0. The molecular formula is C54H86O6. The first-order valence-corrected chi connectivity index (χ1v) is 24.0. The minimum Gasteiger partial charge on any atom is -0.462 e. The molecule has 0 aromatic rings. The predicted molar refractivity (Wildman–Crippen MR) is 256 cm³/mol. The number of ether oxygens (including phenoxy) is 3. The van der Waals surface area contributed by atoms with Gasteiger partial charge in [-0.3, -0.25) is 14.4 Å². The van der Waals surface area contributed by atoms with Crippen molar-refractivity contribution < 1.29 is 28.6 Å². The summed E-state index contributed by atoms with van der Waals surface area (Å²) in [6.45, 7) is 6.32. The second kappa shape index (κ2) is 47.7. The predicted octanol–water partition coefficient (Wildman–Crippen LogP) is 15.6. The minimum absolute atomic E-state index is 0.104. The minimum atomic E-state index is -0.808. The van der Waals surface area contributed by atoms with Gasteiger partial charge < -0.3 is 14.2 Å².